The van der Waals surface area contributed by atoms with Gasteiger partial charge in [-0.15, -0.1) is 0 Å². The second-order valence-electron chi connectivity index (χ2n) is 7.65. The van der Waals surface area contributed by atoms with Crippen LogP contribution < -0.4 is 4.90 Å². The maximum Gasteiger partial charge on any atom is 0.232 e. The Labute approximate surface area is 171 Å². The van der Waals surface area contributed by atoms with Gasteiger partial charge < -0.3 is 0 Å². The molecule has 0 saturated carbocycles. The average Bonchev–Trinajstić information content (AvgIpc) is 2.70. The Kier molecular flexibility index (Phi) is 5.11. The number of halogens is 1. The van der Waals surface area contributed by atoms with Crippen molar-refractivity contribution in [2.75, 3.05) is 4.90 Å². The number of benzene rings is 2. The Morgan fingerprint density at radius 1 is 1.07 bits per heavy atom. The fourth-order valence-corrected chi connectivity index (χ4v) is 4.53. The summed E-state index contributed by atoms with van der Waals surface area (Å²) in [6.07, 6.45) is 3.35. The second kappa shape index (κ2) is 7.56. The van der Waals surface area contributed by atoms with E-state index in [1.54, 1.807) is 4.90 Å². The number of rotatable bonds is 3. The summed E-state index contributed by atoms with van der Waals surface area (Å²) in [7, 11) is 0. The Morgan fingerprint density at radius 2 is 1.82 bits per heavy atom. The van der Waals surface area contributed by atoms with Gasteiger partial charge in [0.1, 0.15) is 0 Å². The lowest BCUT2D eigenvalue weighted by atomic mass is 9.77. The van der Waals surface area contributed by atoms with Gasteiger partial charge in [-0.25, -0.2) is 0 Å². The average molecular weight is 394 g/mol. The summed E-state index contributed by atoms with van der Waals surface area (Å²) >= 11 is 6.22. The highest BCUT2D eigenvalue weighted by molar-refractivity contribution is 6.31. The lowest BCUT2D eigenvalue weighted by Crippen LogP contribution is -2.40. The van der Waals surface area contributed by atoms with Crippen molar-refractivity contribution >= 4 is 29.0 Å². The molecule has 0 bridgehead atoms. The van der Waals surface area contributed by atoms with E-state index >= 15 is 0 Å². The molecule has 2 aromatic rings. The monoisotopic (exact) mass is 393 g/mol. The van der Waals surface area contributed by atoms with Gasteiger partial charge in [0.25, 0.3) is 0 Å². The van der Waals surface area contributed by atoms with Crippen molar-refractivity contribution in [1.29, 1.82) is 0 Å². The molecule has 1 heterocycles. The molecule has 4 heteroatoms. The molecular weight excluding hydrogens is 370 g/mol. The minimum atomic E-state index is -0.156. The summed E-state index contributed by atoms with van der Waals surface area (Å²) in [5.74, 6) is 0.0448. The SMILES string of the molecule is CCc1ccc(C2CC(=O)N(c3cc(Cl)ccc3C)C3=C2C(=O)CCC3)cc1. The number of carbonyl (C=O) groups excluding carboxylic acids is 2. The van der Waals surface area contributed by atoms with E-state index < -0.39 is 0 Å². The molecule has 3 nitrogen and oxygen atoms in total. The van der Waals surface area contributed by atoms with E-state index in [1.165, 1.54) is 5.56 Å². The zero-order valence-electron chi connectivity index (χ0n) is 16.3. The van der Waals surface area contributed by atoms with E-state index in [9.17, 15) is 9.59 Å². The minimum absolute atomic E-state index is 0.0309. The van der Waals surface area contributed by atoms with Crippen LogP contribution in [0.1, 0.15) is 55.2 Å². The molecule has 2 aliphatic rings. The number of allylic oxidation sites excluding steroid dienone is 2. The molecule has 4 rings (SSSR count). The maximum atomic E-state index is 13.3. The number of ketones is 1. The molecule has 2 aromatic carbocycles. The smallest absolute Gasteiger partial charge is 0.232 e. The summed E-state index contributed by atoms with van der Waals surface area (Å²) in [6, 6.07) is 13.9. The lowest BCUT2D eigenvalue weighted by molar-refractivity contribution is -0.119. The van der Waals surface area contributed by atoms with Crippen LogP contribution in [-0.4, -0.2) is 11.7 Å². The topological polar surface area (TPSA) is 37.4 Å². The fourth-order valence-electron chi connectivity index (χ4n) is 4.37. The Hall–Kier alpha value is -2.39. The first-order chi connectivity index (χ1) is 13.5. The van der Waals surface area contributed by atoms with Crippen molar-refractivity contribution in [1.82, 2.24) is 0 Å². The molecule has 1 aliphatic heterocycles. The summed E-state index contributed by atoms with van der Waals surface area (Å²) in [5, 5.41) is 0.593. The zero-order valence-corrected chi connectivity index (χ0v) is 17.1. The predicted molar refractivity (Wildman–Crippen MR) is 113 cm³/mol. The van der Waals surface area contributed by atoms with E-state index in [-0.39, 0.29) is 17.6 Å². The molecule has 28 heavy (non-hydrogen) atoms. The van der Waals surface area contributed by atoms with Crippen molar-refractivity contribution in [2.45, 2.75) is 51.9 Å². The summed E-state index contributed by atoms with van der Waals surface area (Å²) in [6.45, 7) is 4.09. The van der Waals surface area contributed by atoms with Crippen molar-refractivity contribution in [3.63, 3.8) is 0 Å². The van der Waals surface area contributed by atoms with Crippen LogP contribution in [0.25, 0.3) is 0 Å². The largest absolute Gasteiger partial charge is 0.294 e. The summed E-state index contributed by atoms with van der Waals surface area (Å²) in [5.41, 5.74) is 5.76. The third-order valence-corrected chi connectivity index (χ3v) is 6.11. The van der Waals surface area contributed by atoms with Crippen molar-refractivity contribution in [3.8, 4) is 0 Å². The molecule has 1 atom stereocenters. The van der Waals surface area contributed by atoms with Gasteiger partial charge in [0, 0.05) is 35.1 Å². The highest BCUT2D eigenvalue weighted by Gasteiger charge is 2.40. The van der Waals surface area contributed by atoms with E-state index in [4.69, 9.17) is 11.6 Å². The van der Waals surface area contributed by atoms with Crippen LogP contribution in [0.4, 0.5) is 5.69 Å². The number of anilines is 1. The third-order valence-electron chi connectivity index (χ3n) is 5.88. The van der Waals surface area contributed by atoms with Crippen LogP contribution in [0.2, 0.25) is 5.02 Å². The Balaban J connectivity index is 1.85. The molecule has 1 amide bonds. The van der Waals surface area contributed by atoms with Crippen LogP contribution >= 0.6 is 11.6 Å². The Morgan fingerprint density at radius 3 is 2.54 bits per heavy atom. The molecular formula is C24H24ClNO2. The third kappa shape index (κ3) is 3.29. The molecule has 0 aromatic heterocycles. The molecule has 0 spiro atoms. The summed E-state index contributed by atoms with van der Waals surface area (Å²) in [4.78, 5) is 28.0. The molecule has 0 radical (unpaired) electrons. The van der Waals surface area contributed by atoms with E-state index in [1.807, 2.05) is 25.1 Å². The number of hydrogen-bond donors (Lipinski definition) is 0. The fraction of sp³-hybridized carbons (Fsp3) is 0.333. The van der Waals surface area contributed by atoms with Gasteiger partial charge in [-0.3, -0.25) is 14.5 Å². The first-order valence-corrected chi connectivity index (χ1v) is 10.3. The van der Waals surface area contributed by atoms with Crippen LogP contribution in [0.3, 0.4) is 0 Å². The van der Waals surface area contributed by atoms with Gasteiger partial charge in [-0.05, 0) is 55.0 Å². The van der Waals surface area contributed by atoms with Crippen molar-refractivity contribution < 1.29 is 9.59 Å². The Bertz CT molecular complexity index is 975. The number of nitrogens with zero attached hydrogens (tertiary/aromatic N) is 1. The number of hydrogen-bond acceptors (Lipinski definition) is 2. The maximum absolute atomic E-state index is 13.3. The van der Waals surface area contributed by atoms with Crippen molar-refractivity contribution in [2.24, 2.45) is 0 Å². The van der Waals surface area contributed by atoms with E-state index in [0.29, 0.717) is 17.9 Å². The first kappa shape index (κ1) is 18.9. The van der Waals surface area contributed by atoms with Crippen LogP contribution in [0.5, 0.6) is 0 Å². The number of aryl methyl sites for hydroxylation is 2. The normalized spacial score (nSPS) is 19.8. The number of amides is 1. The molecule has 144 valence electrons. The van der Waals surface area contributed by atoms with Gasteiger partial charge in [-0.1, -0.05) is 48.9 Å². The van der Waals surface area contributed by atoms with E-state index in [0.717, 1.165) is 47.3 Å². The minimum Gasteiger partial charge on any atom is -0.294 e. The second-order valence-corrected chi connectivity index (χ2v) is 8.09. The van der Waals surface area contributed by atoms with E-state index in [2.05, 4.69) is 31.2 Å². The van der Waals surface area contributed by atoms with Crippen molar-refractivity contribution in [3.05, 3.63) is 75.4 Å². The first-order valence-electron chi connectivity index (χ1n) is 9.93. The van der Waals surface area contributed by atoms with Crippen LogP contribution in [-0.2, 0) is 16.0 Å². The standard InChI is InChI=1S/C24H24ClNO2/c1-3-16-8-10-17(11-9-16)19-14-23(28)26(20-5-4-6-22(27)24(19)20)21-13-18(25)12-7-15(21)2/h7-13,19H,3-6,14H2,1-2H3. The quantitative estimate of drug-likeness (QED) is 0.666. The lowest BCUT2D eigenvalue weighted by Gasteiger charge is -2.39. The van der Waals surface area contributed by atoms with Gasteiger partial charge in [0.2, 0.25) is 5.91 Å². The predicted octanol–water partition coefficient (Wildman–Crippen LogP) is 5.74. The van der Waals surface area contributed by atoms with Crippen LogP contribution in [0.15, 0.2) is 53.7 Å². The summed E-state index contributed by atoms with van der Waals surface area (Å²) < 4.78 is 0. The van der Waals surface area contributed by atoms with Gasteiger partial charge in [0.05, 0.1) is 5.69 Å². The van der Waals surface area contributed by atoms with Gasteiger partial charge in [-0.2, -0.15) is 0 Å². The molecule has 0 fully saturated rings. The number of Topliss-reactive ketones (excluding diaryl/α,β-unsaturated/α-hetero) is 1. The molecule has 0 N–H and O–H groups in total. The number of carbonyl (C=O) groups is 2. The molecule has 0 saturated heterocycles. The van der Waals surface area contributed by atoms with Gasteiger partial charge in [0.15, 0.2) is 5.78 Å². The highest BCUT2D eigenvalue weighted by Crippen LogP contribution is 2.44. The van der Waals surface area contributed by atoms with Crippen LogP contribution in [0, 0.1) is 6.92 Å². The zero-order chi connectivity index (χ0) is 19.8. The molecule has 1 unspecified atom stereocenters. The van der Waals surface area contributed by atoms with Gasteiger partial charge >= 0.3 is 0 Å². The highest BCUT2D eigenvalue weighted by atomic mass is 35.5. The molecule has 1 aliphatic carbocycles.